The number of benzene rings is 3. The van der Waals surface area contributed by atoms with Gasteiger partial charge in [0.05, 0.1) is 17.2 Å². The number of nitrogens with zero attached hydrogens (tertiary/aromatic N) is 2. The molecule has 1 aliphatic heterocycles. The lowest BCUT2D eigenvalue weighted by atomic mass is 10.0. The first-order chi connectivity index (χ1) is 17.6. The number of hydrogen-bond acceptors (Lipinski definition) is 3. The Balaban J connectivity index is 1.71. The van der Waals surface area contributed by atoms with Gasteiger partial charge in [-0.2, -0.15) is 0 Å². The molecule has 0 spiro atoms. The Morgan fingerprint density at radius 3 is 2.39 bits per heavy atom. The lowest BCUT2D eigenvalue weighted by Gasteiger charge is -2.32. The Hall–Kier alpha value is -3.67. The second-order valence-corrected chi connectivity index (χ2v) is 9.07. The van der Waals surface area contributed by atoms with Gasteiger partial charge in [-0.15, -0.1) is 0 Å². The number of amides is 2. The van der Waals surface area contributed by atoms with Crippen molar-refractivity contribution in [3.05, 3.63) is 101 Å². The van der Waals surface area contributed by atoms with Gasteiger partial charge in [0.1, 0.15) is 18.2 Å². The summed E-state index contributed by atoms with van der Waals surface area (Å²) in [5, 5.41) is 0. The predicted octanol–water partition coefficient (Wildman–Crippen LogP) is 5.60. The third-order valence-corrected chi connectivity index (χ3v) is 6.66. The number of ether oxygens (including phenoxy) is 1. The molecule has 4 rings (SSSR count). The number of carbonyl (C=O) groups excluding carboxylic acids is 2. The van der Waals surface area contributed by atoms with Crippen molar-refractivity contribution in [2.75, 3.05) is 26.2 Å². The van der Waals surface area contributed by atoms with Crippen LogP contribution in [-0.2, 0) is 6.42 Å². The fraction of sp³-hybridized carbons (Fsp3) is 0.333. The maximum Gasteiger partial charge on any atom is 0.257 e. The molecule has 188 valence electrons. The quantitative estimate of drug-likeness (QED) is 0.480. The van der Waals surface area contributed by atoms with E-state index in [4.69, 9.17) is 4.74 Å². The van der Waals surface area contributed by atoms with Crippen LogP contribution in [0.1, 0.15) is 52.5 Å². The van der Waals surface area contributed by atoms with E-state index in [0.717, 1.165) is 24.8 Å². The van der Waals surface area contributed by atoms with Crippen LogP contribution in [0.5, 0.6) is 5.75 Å². The average molecular weight is 489 g/mol. The number of fused-ring (bicyclic) bond motifs is 1. The molecule has 0 aliphatic carbocycles. The molecule has 0 fully saturated rings. The third-order valence-electron chi connectivity index (χ3n) is 6.66. The zero-order chi connectivity index (χ0) is 25.3. The van der Waals surface area contributed by atoms with Gasteiger partial charge in [-0.25, -0.2) is 4.39 Å². The minimum atomic E-state index is -0.528. The smallest absolute Gasteiger partial charge is 0.257 e. The van der Waals surface area contributed by atoms with Crippen LogP contribution < -0.4 is 4.74 Å². The van der Waals surface area contributed by atoms with Crippen molar-refractivity contribution in [3.63, 3.8) is 0 Å². The Kier molecular flexibility index (Phi) is 8.71. The van der Waals surface area contributed by atoms with Crippen molar-refractivity contribution >= 4 is 11.8 Å². The maximum atomic E-state index is 14.6. The van der Waals surface area contributed by atoms with E-state index < -0.39 is 5.82 Å². The molecule has 5 nitrogen and oxygen atoms in total. The van der Waals surface area contributed by atoms with Gasteiger partial charge in [-0.05, 0) is 62.4 Å². The topological polar surface area (TPSA) is 49.9 Å². The second-order valence-electron chi connectivity index (χ2n) is 9.07. The summed E-state index contributed by atoms with van der Waals surface area (Å²) in [5.74, 6) is -0.422. The zero-order valence-electron chi connectivity index (χ0n) is 20.7. The van der Waals surface area contributed by atoms with Gasteiger partial charge in [0.25, 0.3) is 11.8 Å². The van der Waals surface area contributed by atoms with E-state index in [-0.39, 0.29) is 30.0 Å². The molecular weight excluding hydrogens is 455 g/mol. The molecule has 1 aliphatic rings. The maximum absolute atomic E-state index is 14.6. The lowest BCUT2D eigenvalue weighted by Crippen LogP contribution is -2.46. The number of rotatable bonds is 4. The largest absolute Gasteiger partial charge is 0.491 e. The molecular formula is C30H33FN2O3. The highest BCUT2D eigenvalue weighted by atomic mass is 19.1. The highest BCUT2D eigenvalue weighted by Crippen LogP contribution is 2.24. The van der Waals surface area contributed by atoms with Gasteiger partial charge < -0.3 is 14.5 Å². The first kappa shape index (κ1) is 25.4. The molecule has 3 aromatic rings. The highest BCUT2D eigenvalue weighted by molar-refractivity contribution is 5.97. The van der Waals surface area contributed by atoms with Crippen LogP contribution in [0.4, 0.5) is 4.39 Å². The van der Waals surface area contributed by atoms with Crippen molar-refractivity contribution in [1.29, 1.82) is 0 Å². The minimum Gasteiger partial charge on any atom is -0.491 e. The standard InChI is InChI=1S/C30H33FN2O3/c1-2-32-19-11-4-12-20-33(30(35)25-15-7-9-17-27(25)31)24(21-23-13-5-3-6-14-23)22-36-28-18-10-8-16-26(28)29(32)34/h3,5-10,13-18,24H,2,4,11-12,19-22H2,1H3/t24-/m1/s1. The first-order valence-corrected chi connectivity index (χ1v) is 12.7. The molecule has 0 N–H and O–H groups in total. The van der Waals surface area contributed by atoms with Gasteiger partial charge >= 0.3 is 0 Å². The van der Waals surface area contributed by atoms with Crippen LogP contribution in [0.15, 0.2) is 78.9 Å². The van der Waals surface area contributed by atoms with E-state index in [1.54, 1.807) is 29.2 Å². The van der Waals surface area contributed by atoms with Gasteiger partial charge in [0.2, 0.25) is 0 Å². The lowest BCUT2D eigenvalue weighted by molar-refractivity contribution is 0.0600. The van der Waals surface area contributed by atoms with Gasteiger partial charge in [0.15, 0.2) is 0 Å². The van der Waals surface area contributed by atoms with Crippen molar-refractivity contribution < 1.29 is 18.7 Å². The number of hydrogen-bond donors (Lipinski definition) is 0. The van der Waals surface area contributed by atoms with E-state index in [1.807, 2.05) is 54.3 Å². The Morgan fingerprint density at radius 2 is 1.61 bits per heavy atom. The van der Waals surface area contributed by atoms with Gasteiger partial charge in [-0.3, -0.25) is 9.59 Å². The molecule has 2 amide bonds. The summed E-state index contributed by atoms with van der Waals surface area (Å²) in [6.45, 7) is 3.89. The molecule has 3 aromatic carbocycles. The van der Waals surface area contributed by atoms with Crippen LogP contribution in [-0.4, -0.2) is 53.9 Å². The summed E-state index contributed by atoms with van der Waals surface area (Å²) in [4.78, 5) is 30.5. The molecule has 0 saturated carbocycles. The number of halogens is 1. The average Bonchev–Trinajstić information content (AvgIpc) is 2.92. The fourth-order valence-corrected chi connectivity index (χ4v) is 4.67. The summed E-state index contributed by atoms with van der Waals surface area (Å²) >= 11 is 0. The molecule has 0 bridgehead atoms. The van der Waals surface area contributed by atoms with Crippen molar-refractivity contribution in [1.82, 2.24) is 9.80 Å². The summed E-state index contributed by atoms with van der Waals surface area (Å²) in [7, 11) is 0. The van der Waals surface area contributed by atoms with Crippen LogP contribution in [0, 0.1) is 5.82 Å². The number of carbonyl (C=O) groups is 2. The van der Waals surface area contributed by atoms with Crippen LogP contribution in [0.3, 0.4) is 0 Å². The summed E-state index contributed by atoms with van der Waals surface area (Å²) in [6.07, 6.45) is 2.99. The Labute approximate surface area is 212 Å². The highest BCUT2D eigenvalue weighted by Gasteiger charge is 2.28. The van der Waals surface area contributed by atoms with E-state index >= 15 is 0 Å². The monoisotopic (exact) mass is 488 g/mol. The van der Waals surface area contributed by atoms with Gasteiger partial charge in [0, 0.05) is 19.6 Å². The Morgan fingerprint density at radius 1 is 0.917 bits per heavy atom. The molecule has 0 saturated heterocycles. The third kappa shape index (κ3) is 6.11. The fourth-order valence-electron chi connectivity index (χ4n) is 4.67. The van der Waals surface area contributed by atoms with Crippen molar-refractivity contribution in [3.8, 4) is 5.75 Å². The summed E-state index contributed by atoms with van der Waals surface area (Å²) in [6, 6.07) is 23.0. The molecule has 36 heavy (non-hydrogen) atoms. The predicted molar refractivity (Wildman–Crippen MR) is 139 cm³/mol. The normalized spacial score (nSPS) is 17.3. The van der Waals surface area contributed by atoms with Crippen LogP contribution in [0.2, 0.25) is 0 Å². The molecule has 1 atom stereocenters. The molecule has 0 unspecified atom stereocenters. The molecule has 1 heterocycles. The number of para-hydroxylation sites is 1. The molecule has 0 aromatic heterocycles. The Bertz CT molecular complexity index is 1170. The van der Waals surface area contributed by atoms with E-state index in [9.17, 15) is 14.0 Å². The van der Waals surface area contributed by atoms with Crippen molar-refractivity contribution in [2.24, 2.45) is 0 Å². The SMILES string of the molecule is CCN1CCCCCN(C(=O)c2ccccc2F)[C@H](Cc2ccccc2)COc2ccccc2C1=O. The van der Waals surface area contributed by atoms with Crippen LogP contribution >= 0.6 is 0 Å². The second kappa shape index (κ2) is 12.3. The minimum absolute atomic E-state index is 0.0498. The zero-order valence-corrected chi connectivity index (χ0v) is 20.7. The van der Waals surface area contributed by atoms with Gasteiger partial charge in [-0.1, -0.05) is 54.6 Å². The van der Waals surface area contributed by atoms with Crippen molar-refractivity contribution in [2.45, 2.75) is 38.6 Å². The molecule has 6 heteroatoms. The first-order valence-electron chi connectivity index (χ1n) is 12.7. The van der Waals surface area contributed by atoms with Crippen LogP contribution in [0.25, 0.3) is 0 Å². The molecule has 0 radical (unpaired) electrons. The van der Waals surface area contributed by atoms with E-state index in [0.29, 0.717) is 37.4 Å². The van der Waals surface area contributed by atoms with E-state index in [2.05, 4.69) is 0 Å². The van der Waals surface area contributed by atoms with E-state index in [1.165, 1.54) is 12.1 Å². The summed E-state index contributed by atoms with van der Waals surface area (Å²) in [5.41, 5.74) is 1.64. The summed E-state index contributed by atoms with van der Waals surface area (Å²) < 4.78 is 20.9.